The molecule has 0 aliphatic heterocycles. The number of nitrogens with zero attached hydrogens (tertiary/aromatic N) is 2. The molecule has 25 heavy (non-hydrogen) atoms. The van der Waals surface area contributed by atoms with Gasteiger partial charge in [-0.05, 0) is 65.2 Å². The van der Waals surface area contributed by atoms with Crippen molar-refractivity contribution in [3.63, 3.8) is 0 Å². The lowest BCUT2D eigenvalue weighted by atomic mass is 9.98. The van der Waals surface area contributed by atoms with Crippen molar-refractivity contribution in [3.8, 4) is 0 Å². The molecule has 0 unspecified atom stereocenters. The maximum atomic E-state index is 12.8. The molecule has 0 aliphatic rings. The van der Waals surface area contributed by atoms with E-state index in [1.165, 1.54) is 0 Å². The molecule has 0 bridgehead atoms. The quantitative estimate of drug-likeness (QED) is 0.836. The number of hydrogen-bond donors (Lipinski definition) is 1. The molecule has 4 nitrogen and oxygen atoms in total. The summed E-state index contributed by atoms with van der Waals surface area (Å²) in [5, 5.41) is 10.8. The van der Waals surface area contributed by atoms with Crippen LogP contribution in [0.1, 0.15) is 64.7 Å². The van der Waals surface area contributed by atoms with Crippen LogP contribution in [-0.4, -0.2) is 33.5 Å². The Hall–Kier alpha value is -1.72. The SMILES string of the molecule is Cc1nc([C@@H](C)N(C)C(=O)c2ccc(CCC(C)(C)O)cc2)c(C)s1. The third-order valence-corrected chi connectivity index (χ3v) is 5.36. The van der Waals surface area contributed by atoms with Crippen LogP contribution in [0.2, 0.25) is 0 Å². The number of rotatable bonds is 6. The first-order valence-electron chi connectivity index (χ1n) is 8.61. The van der Waals surface area contributed by atoms with Gasteiger partial charge < -0.3 is 10.0 Å². The first-order chi connectivity index (χ1) is 11.6. The van der Waals surface area contributed by atoms with Gasteiger partial charge in [0.2, 0.25) is 0 Å². The highest BCUT2D eigenvalue weighted by atomic mass is 32.1. The van der Waals surface area contributed by atoms with Gasteiger partial charge in [-0.1, -0.05) is 12.1 Å². The molecule has 1 heterocycles. The fourth-order valence-corrected chi connectivity index (χ4v) is 3.67. The molecule has 136 valence electrons. The largest absolute Gasteiger partial charge is 0.390 e. The van der Waals surface area contributed by atoms with Crippen LogP contribution in [0.25, 0.3) is 0 Å². The molecule has 0 radical (unpaired) electrons. The van der Waals surface area contributed by atoms with E-state index >= 15 is 0 Å². The summed E-state index contributed by atoms with van der Waals surface area (Å²) in [4.78, 5) is 20.2. The number of aryl methyl sites for hydroxylation is 3. The van der Waals surface area contributed by atoms with Crippen LogP contribution in [0.4, 0.5) is 0 Å². The number of benzene rings is 1. The van der Waals surface area contributed by atoms with Crippen LogP contribution < -0.4 is 0 Å². The van der Waals surface area contributed by atoms with E-state index in [4.69, 9.17) is 0 Å². The van der Waals surface area contributed by atoms with Gasteiger partial charge in [-0.2, -0.15) is 0 Å². The van der Waals surface area contributed by atoms with Crippen molar-refractivity contribution in [2.45, 2.75) is 59.1 Å². The lowest BCUT2D eigenvalue weighted by molar-refractivity contribution is 0.0710. The zero-order valence-electron chi connectivity index (χ0n) is 16.0. The van der Waals surface area contributed by atoms with Crippen LogP contribution >= 0.6 is 11.3 Å². The summed E-state index contributed by atoms with van der Waals surface area (Å²) in [7, 11) is 1.82. The third kappa shape index (κ3) is 5.13. The summed E-state index contributed by atoms with van der Waals surface area (Å²) in [6, 6.07) is 7.60. The van der Waals surface area contributed by atoms with Gasteiger partial charge in [0.15, 0.2) is 0 Å². The van der Waals surface area contributed by atoms with Gasteiger partial charge in [0.25, 0.3) is 5.91 Å². The van der Waals surface area contributed by atoms with E-state index in [9.17, 15) is 9.90 Å². The monoisotopic (exact) mass is 360 g/mol. The van der Waals surface area contributed by atoms with Crippen LogP contribution in [0.3, 0.4) is 0 Å². The summed E-state index contributed by atoms with van der Waals surface area (Å²) < 4.78 is 0. The van der Waals surface area contributed by atoms with E-state index in [1.807, 2.05) is 65.9 Å². The highest BCUT2D eigenvalue weighted by molar-refractivity contribution is 7.11. The molecule has 2 rings (SSSR count). The molecule has 1 amide bonds. The Kier molecular flexibility index (Phi) is 6.01. The van der Waals surface area contributed by atoms with Crippen molar-refractivity contribution in [2.24, 2.45) is 0 Å². The average molecular weight is 361 g/mol. The molecular weight excluding hydrogens is 332 g/mol. The molecule has 1 N–H and O–H groups in total. The minimum atomic E-state index is -0.673. The topological polar surface area (TPSA) is 53.4 Å². The second-order valence-electron chi connectivity index (χ2n) is 7.28. The Labute approximate surface area is 154 Å². The minimum Gasteiger partial charge on any atom is -0.390 e. The Bertz CT molecular complexity index is 729. The van der Waals surface area contributed by atoms with Gasteiger partial charge in [-0.25, -0.2) is 4.98 Å². The van der Waals surface area contributed by atoms with Gasteiger partial charge in [-0.3, -0.25) is 4.79 Å². The lowest BCUT2D eigenvalue weighted by Crippen LogP contribution is -2.30. The Morgan fingerprint density at radius 2 is 1.88 bits per heavy atom. The summed E-state index contributed by atoms with van der Waals surface area (Å²) in [5.41, 5.74) is 2.10. The Morgan fingerprint density at radius 1 is 1.28 bits per heavy atom. The Morgan fingerprint density at radius 3 is 2.36 bits per heavy atom. The number of carbonyl (C=O) groups excluding carboxylic acids is 1. The summed E-state index contributed by atoms with van der Waals surface area (Å²) in [5.74, 6) is -0.00779. The zero-order valence-corrected chi connectivity index (χ0v) is 16.8. The molecule has 0 fully saturated rings. The van der Waals surface area contributed by atoms with E-state index in [0.717, 1.165) is 27.6 Å². The van der Waals surface area contributed by atoms with Crippen molar-refractivity contribution in [3.05, 3.63) is 51.0 Å². The molecule has 0 saturated carbocycles. The molecule has 2 aromatic rings. The normalized spacial score (nSPS) is 12.9. The second-order valence-corrected chi connectivity index (χ2v) is 8.68. The first kappa shape index (κ1) is 19.6. The molecule has 1 atom stereocenters. The van der Waals surface area contributed by atoms with E-state index in [1.54, 1.807) is 16.2 Å². The number of aromatic nitrogens is 1. The molecule has 0 saturated heterocycles. The zero-order chi connectivity index (χ0) is 18.8. The highest BCUT2D eigenvalue weighted by Gasteiger charge is 2.22. The first-order valence-corrected chi connectivity index (χ1v) is 9.42. The summed E-state index contributed by atoms with van der Waals surface area (Å²) >= 11 is 1.66. The summed E-state index contributed by atoms with van der Waals surface area (Å²) in [6.07, 6.45) is 1.49. The predicted octanol–water partition coefficient (Wildman–Crippen LogP) is 4.30. The lowest BCUT2D eigenvalue weighted by Gasteiger charge is -2.24. The fraction of sp³-hybridized carbons (Fsp3) is 0.500. The second kappa shape index (κ2) is 7.67. The van der Waals surface area contributed by atoms with Crippen molar-refractivity contribution < 1.29 is 9.90 Å². The number of thiazole rings is 1. The van der Waals surface area contributed by atoms with Crippen molar-refractivity contribution >= 4 is 17.2 Å². The van der Waals surface area contributed by atoms with Crippen LogP contribution in [-0.2, 0) is 6.42 Å². The number of hydrogen-bond acceptors (Lipinski definition) is 4. The van der Waals surface area contributed by atoms with Gasteiger partial charge in [0.05, 0.1) is 22.3 Å². The Balaban J connectivity index is 2.07. The summed E-state index contributed by atoms with van der Waals surface area (Å²) in [6.45, 7) is 9.66. The molecule has 1 aromatic carbocycles. The van der Waals surface area contributed by atoms with E-state index in [-0.39, 0.29) is 11.9 Å². The van der Waals surface area contributed by atoms with E-state index in [2.05, 4.69) is 4.98 Å². The number of amides is 1. The molecule has 5 heteroatoms. The smallest absolute Gasteiger partial charge is 0.254 e. The van der Waals surface area contributed by atoms with E-state index < -0.39 is 5.60 Å². The molecule has 1 aromatic heterocycles. The fourth-order valence-electron chi connectivity index (χ4n) is 2.76. The maximum absolute atomic E-state index is 12.8. The number of carbonyl (C=O) groups is 1. The van der Waals surface area contributed by atoms with Gasteiger partial charge >= 0.3 is 0 Å². The van der Waals surface area contributed by atoms with Crippen molar-refractivity contribution in [1.82, 2.24) is 9.88 Å². The third-order valence-electron chi connectivity index (χ3n) is 4.46. The molecular formula is C20H28N2O2S. The molecule has 0 aliphatic carbocycles. The predicted molar refractivity (Wildman–Crippen MR) is 103 cm³/mol. The highest BCUT2D eigenvalue weighted by Crippen LogP contribution is 2.27. The van der Waals surface area contributed by atoms with E-state index in [0.29, 0.717) is 12.0 Å². The van der Waals surface area contributed by atoms with Crippen LogP contribution in [0, 0.1) is 13.8 Å². The van der Waals surface area contributed by atoms with Gasteiger partial charge in [0, 0.05) is 17.5 Å². The van der Waals surface area contributed by atoms with Gasteiger partial charge in [-0.15, -0.1) is 11.3 Å². The minimum absolute atomic E-state index is 0.00779. The van der Waals surface area contributed by atoms with Crippen LogP contribution in [0.15, 0.2) is 24.3 Å². The standard InChI is InChI=1S/C20H28N2O2S/c1-13(18-14(2)25-15(3)21-18)22(6)19(23)17-9-7-16(8-10-17)11-12-20(4,5)24/h7-10,13,24H,11-12H2,1-6H3/t13-/m1/s1. The van der Waals surface area contributed by atoms with Crippen molar-refractivity contribution in [2.75, 3.05) is 7.05 Å². The average Bonchev–Trinajstić information content (AvgIpc) is 2.89. The van der Waals surface area contributed by atoms with Crippen LogP contribution in [0.5, 0.6) is 0 Å². The number of aliphatic hydroxyl groups is 1. The van der Waals surface area contributed by atoms with Gasteiger partial charge in [0.1, 0.15) is 0 Å². The maximum Gasteiger partial charge on any atom is 0.254 e. The van der Waals surface area contributed by atoms with Crippen molar-refractivity contribution in [1.29, 1.82) is 0 Å². The molecule has 0 spiro atoms.